The summed E-state index contributed by atoms with van der Waals surface area (Å²) in [4.78, 5) is 26.6. The van der Waals surface area contributed by atoms with Crippen LogP contribution in [0.1, 0.15) is 49.8 Å². The molecule has 3 rings (SSSR count). The third-order valence-corrected chi connectivity index (χ3v) is 4.82. The fourth-order valence-corrected chi connectivity index (χ4v) is 3.33. The molecule has 2 aromatic carbocycles. The number of Topliss-reactive ketones (excluding diaryl/α,β-unsaturated/α-hetero) is 1. The van der Waals surface area contributed by atoms with Crippen molar-refractivity contribution in [3.05, 3.63) is 53.2 Å². The number of amides is 1. The average Bonchev–Trinajstić information content (AvgIpc) is 3.07. The Balaban J connectivity index is 1.88. The van der Waals surface area contributed by atoms with Crippen LogP contribution in [-0.4, -0.2) is 16.7 Å². The van der Waals surface area contributed by atoms with Crippen LogP contribution in [0.3, 0.4) is 0 Å². The van der Waals surface area contributed by atoms with Crippen LogP contribution in [0.25, 0.3) is 10.9 Å². The van der Waals surface area contributed by atoms with Crippen molar-refractivity contribution < 1.29 is 14.3 Å². The highest BCUT2D eigenvalue weighted by Crippen LogP contribution is 2.34. The molecule has 0 radical (unpaired) electrons. The molecule has 1 amide bonds. The summed E-state index contributed by atoms with van der Waals surface area (Å²) in [5.74, 6) is 0.908. The molecular weight excluding hydrogens is 352 g/mol. The number of anilines is 1. The Hall–Kier alpha value is -3.08. The standard InChI is InChI=1S/C23H26N2O3/c1-6-21(26)23(27)25-16-9-14(4)22(15(5)10-16)28-17-7-8-20-18(11-17)19(12-24-20)13(2)3/h7-13,24H,6H2,1-5H3,(H,25,27). The van der Waals surface area contributed by atoms with Gasteiger partial charge in [0, 0.05) is 29.2 Å². The number of benzene rings is 2. The molecule has 1 aromatic heterocycles. The maximum atomic E-state index is 11.8. The van der Waals surface area contributed by atoms with Gasteiger partial charge in [0.15, 0.2) is 0 Å². The molecule has 0 bridgehead atoms. The zero-order chi connectivity index (χ0) is 20.4. The van der Waals surface area contributed by atoms with Gasteiger partial charge < -0.3 is 15.0 Å². The van der Waals surface area contributed by atoms with E-state index in [0.717, 1.165) is 33.5 Å². The van der Waals surface area contributed by atoms with Gasteiger partial charge in [0.1, 0.15) is 11.5 Å². The Bertz CT molecular complexity index is 1020. The van der Waals surface area contributed by atoms with Crippen molar-refractivity contribution in [1.82, 2.24) is 4.98 Å². The number of hydrogen-bond acceptors (Lipinski definition) is 3. The van der Waals surface area contributed by atoms with Gasteiger partial charge >= 0.3 is 0 Å². The lowest BCUT2D eigenvalue weighted by atomic mass is 10.0. The molecule has 2 N–H and O–H groups in total. The maximum absolute atomic E-state index is 11.8. The zero-order valence-electron chi connectivity index (χ0n) is 17.0. The molecule has 0 saturated heterocycles. The van der Waals surface area contributed by atoms with Crippen LogP contribution in [0, 0.1) is 13.8 Å². The molecule has 28 heavy (non-hydrogen) atoms. The van der Waals surface area contributed by atoms with Crippen molar-refractivity contribution in [3.8, 4) is 11.5 Å². The minimum absolute atomic E-state index is 0.186. The number of aromatic amines is 1. The number of rotatable bonds is 6. The first-order valence-electron chi connectivity index (χ1n) is 9.54. The number of aromatic nitrogens is 1. The summed E-state index contributed by atoms with van der Waals surface area (Å²) in [5, 5.41) is 3.82. The van der Waals surface area contributed by atoms with Crippen LogP contribution < -0.4 is 10.1 Å². The lowest BCUT2D eigenvalue weighted by Gasteiger charge is -2.15. The molecule has 0 unspecified atom stereocenters. The van der Waals surface area contributed by atoms with E-state index < -0.39 is 11.7 Å². The monoisotopic (exact) mass is 378 g/mol. The maximum Gasteiger partial charge on any atom is 0.291 e. The lowest BCUT2D eigenvalue weighted by Crippen LogP contribution is -2.21. The predicted molar refractivity (Wildman–Crippen MR) is 112 cm³/mol. The number of ketones is 1. The Morgan fingerprint density at radius 2 is 1.79 bits per heavy atom. The van der Waals surface area contributed by atoms with Crippen molar-refractivity contribution in [2.45, 2.75) is 47.0 Å². The van der Waals surface area contributed by atoms with Crippen molar-refractivity contribution in [2.24, 2.45) is 0 Å². The summed E-state index contributed by atoms with van der Waals surface area (Å²) in [5.41, 5.74) is 4.71. The van der Waals surface area contributed by atoms with Gasteiger partial charge in [-0.25, -0.2) is 0 Å². The predicted octanol–water partition coefficient (Wildman–Crippen LogP) is 5.62. The highest BCUT2D eigenvalue weighted by atomic mass is 16.5. The first-order chi connectivity index (χ1) is 13.3. The Morgan fingerprint density at radius 1 is 1.11 bits per heavy atom. The van der Waals surface area contributed by atoms with Crippen molar-refractivity contribution in [2.75, 3.05) is 5.32 Å². The second-order valence-electron chi connectivity index (χ2n) is 7.38. The largest absolute Gasteiger partial charge is 0.457 e. The van der Waals surface area contributed by atoms with Crippen LogP contribution in [0.5, 0.6) is 11.5 Å². The van der Waals surface area contributed by atoms with E-state index in [1.165, 1.54) is 5.56 Å². The van der Waals surface area contributed by atoms with Crippen LogP contribution in [-0.2, 0) is 9.59 Å². The molecule has 3 aromatic rings. The van der Waals surface area contributed by atoms with E-state index in [1.807, 2.05) is 44.3 Å². The molecule has 5 heteroatoms. The molecular formula is C23H26N2O3. The molecule has 0 fully saturated rings. The number of ether oxygens (including phenoxy) is 1. The first-order valence-corrected chi connectivity index (χ1v) is 9.54. The van der Waals surface area contributed by atoms with Gasteiger partial charge in [-0.2, -0.15) is 0 Å². The van der Waals surface area contributed by atoms with Crippen LogP contribution >= 0.6 is 0 Å². The fourth-order valence-electron chi connectivity index (χ4n) is 3.33. The van der Waals surface area contributed by atoms with Gasteiger partial charge in [0.05, 0.1) is 0 Å². The SMILES string of the molecule is CCC(=O)C(=O)Nc1cc(C)c(Oc2ccc3[nH]cc(C(C)C)c3c2)c(C)c1. The van der Waals surface area contributed by atoms with Gasteiger partial charge in [0.2, 0.25) is 5.78 Å². The van der Waals surface area contributed by atoms with Gasteiger partial charge in [-0.15, -0.1) is 0 Å². The van der Waals surface area contributed by atoms with Crippen LogP contribution in [0.15, 0.2) is 36.5 Å². The van der Waals surface area contributed by atoms with Gasteiger partial charge in [-0.1, -0.05) is 20.8 Å². The van der Waals surface area contributed by atoms with Gasteiger partial charge in [0.25, 0.3) is 5.91 Å². The van der Waals surface area contributed by atoms with E-state index in [4.69, 9.17) is 4.74 Å². The number of carbonyl (C=O) groups excluding carboxylic acids is 2. The van der Waals surface area contributed by atoms with E-state index in [-0.39, 0.29) is 6.42 Å². The molecule has 0 saturated carbocycles. The van der Waals surface area contributed by atoms with E-state index in [1.54, 1.807) is 6.92 Å². The number of nitrogens with one attached hydrogen (secondary N) is 2. The highest BCUT2D eigenvalue weighted by Gasteiger charge is 2.14. The van der Waals surface area contributed by atoms with Crippen molar-refractivity contribution >= 4 is 28.3 Å². The number of carbonyl (C=O) groups is 2. The average molecular weight is 378 g/mol. The number of fused-ring (bicyclic) bond motifs is 1. The van der Waals surface area contributed by atoms with E-state index >= 15 is 0 Å². The topological polar surface area (TPSA) is 71.2 Å². The summed E-state index contributed by atoms with van der Waals surface area (Å²) in [6.07, 6.45) is 2.23. The Labute approximate surface area is 165 Å². The Morgan fingerprint density at radius 3 is 2.39 bits per heavy atom. The van der Waals surface area contributed by atoms with E-state index in [2.05, 4.69) is 30.2 Å². The summed E-state index contributed by atoms with van der Waals surface area (Å²) < 4.78 is 6.19. The normalized spacial score (nSPS) is 11.1. The van der Waals surface area contributed by atoms with E-state index in [0.29, 0.717) is 11.6 Å². The Kier molecular flexibility index (Phi) is 5.54. The van der Waals surface area contributed by atoms with Gasteiger partial charge in [-0.3, -0.25) is 9.59 Å². The molecule has 0 atom stereocenters. The smallest absolute Gasteiger partial charge is 0.291 e. The quantitative estimate of drug-likeness (QED) is 0.547. The summed E-state index contributed by atoms with van der Waals surface area (Å²) in [6.45, 7) is 9.85. The second-order valence-corrected chi connectivity index (χ2v) is 7.38. The second kappa shape index (κ2) is 7.89. The molecule has 0 aliphatic heterocycles. The van der Waals surface area contributed by atoms with Crippen LogP contribution in [0.4, 0.5) is 5.69 Å². The minimum atomic E-state index is -0.589. The molecule has 5 nitrogen and oxygen atoms in total. The minimum Gasteiger partial charge on any atom is -0.457 e. The third-order valence-electron chi connectivity index (χ3n) is 4.82. The zero-order valence-corrected chi connectivity index (χ0v) is 17.0. The first kappa shape index (κ1) is 19.7. The molecule has 0 aliphatic carbocycles. The van der Waals surface area contributed by atoms with Crippen LogP contribution in [0.2, 0.25) is 0 Å². The van der Waals surface area contributed by atoms with Crippen molar-refractivity contribution in [1.29, 1.82) is 0 Å². The summed E-state index contributed by atoms with van der Waals surface area (Å²) >= 11 is 0. The summed E-state index contributed by atoms with van der Waals surface area (Å²) in [6, 6.07) is 9.65. The molecule has 0 spiro atoms. The molecule has 0 aliphatic rings. The highest BCUT2D eigenvalue weighted by molar-refractivity contribution is 6.40. The van der Waals surface area contributed by atoms with Crippen molar-refractivity contribution in [3.63, 3.8) is 0 Å². The fraction of sp³-hybridized carbons (Fsp3) is 0.304. The molecule has 146 valence electrons. The summed E-state index contributed by atoms with van der Waals surface area (Å²) in [7, 11) is 0. The third kappa shape index (κ3) is 3.93. The lowest BCUT2D eigenvalue weighted by molar-refractivity contribution is -0.134. The van der Waals surface area contributed by atoms with E-state index in [9.17, 15) is 9.59 Å². The number of hydrogen-bond donors (Lipinski definition) is 2. The van der Waals surface area contributed by atoms with Gasteiger partial charge in [-0.05, 0) is 66.8 Å². The number of aryl methyl sites for hydroxylation is 2. The molecule has 1 heterocycles. The number of H-pyrrole nitrogens is 1.